The molecule has 1 heterocycles. The van der Waals surface area contributed by atoms with Crippen molar-refractivity contribution < 1.29 is 23.5 Å². The van der Waals surface area contributed by atoms with Gasteiger partial charge in [-0.25, -0.2) is 4.39 Å². The Labute approximate surface area is 137 Å². The molecule has 7 heteroatoms. The molecule has 2 aromatic rings. The largest absolute Gasteiger partial charge is 0.454 e. The first-order chi connectivity index (χ1) is 11.6. The molecule has 0 fully saturated rings. The highest BCUT2D eigenvalue weighted by atomic mass is 19.1. The predicted octanol–water partition coefficient (Wildman–Crippen LogP) is 1.60. The summed E-state index contributed by atoms with van der Waals surface area (Å²) in [7, 11) is 0. The normalized spacial score (nSPS) is 11.9. The van der Waals surface area contributed by atoms with Gasteiger partial charge in [0, 0.05) is 6.54 Å². The smallest absolute Gasteiger partial charge is 0.254 e. The molecule has 0 aliphatic carbocycles. The van der Waals surface area contributed by atoms with Crippen LogP contribution in [0.25, 0.3) is 0 Å². The maximum absolute atomic E-state index is 13.5. The fraction of sp³-hybridized carbons (Fsp3) is 0.176. The van der Waals surface area contributed by atoms with Gasteiger partial charge in [0.2, 0.25) is 12.7 Å². The zero-order valence-electron chi connectivity index (χ0n) is 12.7. The van der Waals surface area contributed by atoms with Crippen molar-refractivity contribution in [2.24, 2.45) is 0 Å². The lowest BCUT2D eigenvalue weighted by Crippen LogP contribution is -2.36. The van der Waals surface area contributed by atoms with Crippen LogP contribution in [0.15, 0.2) is 42.5 Å². The predicted molar refractivity (Wildman–Crippen MR) is 83.1 cm³/mol. The van der Waals surface area contributed by atoms with Gasteiger partial charge in [0.25, 0.3) is 5.91 Å². The Morgan fingerprint density at radius 2 is 1.83 bits per heavy atom. The maximum atomic E-state index is 13.5. The second-order valence-corrected chi connectivity index (χ2v) is 5.13. The summed E-state index contributed by atoms with van der Waals surface area (Å²) in [5.41, 5.74) is 0.745. The number of ether oxygens (including phenoxy) is 2. The van der Waals surface area contributed by atoms with Crippen LogP contribution >= 0.6 is 0 Å². The first-order valence-electron chi connectivity index (χ1n) is 7.31. The van der Waals surface area contributed by atoms with Gasteiger partial charge in [0.15, 0.2) is 11.5 Å². The van der Waals surface area contributed by atoms with Crippen LogP contribution in [-0.4, -0.2) is 25.2 Å². The van der Waals surface area contributed by atoms with Gasteiger partial charge in [-0.15, -0.1) is 0 Å². The van der Waals surface area contributed by atoms with E-state index >= 15 is 0 Å². The summed E-state index contributed by atoms with van der Waals surface area (Å²) in [6.45, 7) is 0.232. The minimum absolute atomic E-state index is 0.0962. The molecule has 0 unspecified atom stereocenters. The third-order valence-corrected chi connectivity index (χ3v) is 3.45. The standard InChI is InChI=1S/C17H15FN2O4/c18-13-4-2-1-3-12(13)17(22)20-9-16(21)19-8-11-5-6-14-15(7-11)24-10-23-14/h1-7H,8-10H2,(H,19,21)(H,20,22). The van der Waals surface area contributed by atoms with Crippen LogP contribution in [0.4, 0.5) is 4.39 Å². The van der Waals surface area contributed by atoms with Crippen LogP contribution in [0.1, 0.15) is 15.9 Å². The molecule has 2 N–H and O–H groups in total. The molecule has 24 heavy (non-hydrogen) atoms. The van der Waals surface area contributed by atoms with Gasteiger partial charge in [0.05, 0.1) is 12.1 Å². The van der Waals surface area contributed by atoms with E-state index in [0.29, 0.717) is 11.5 Å². The minimum Gasteiger partial charge on any atom is -0.454 e. The van der Waals surface area contributed by atoms with Gasteiger partial charge in [0.1, 0.15) is 5.82 Å². The first-order valence-corrected chi connectivity index (χ1v) is 7.31. The summed E-state index contributed by atoms with van der Waals surface area (Å²) in [4.78, 5) is 23.6. The molecule has 0 aromatic heterocycles. The Kier molecular flexibility index (Phi) is 4.60. The van der Waals surface area contributed by atoms with Crippen LogP contribution in [0.5, 0.6) is 11.5 Å². The van der Waals surface area contributed by atoms with Gasteiger partial charge < -0.3 is 20.1 Å². The van der Waals surface area contributed by atoms with Crippen molar-refractivity contribution >= 4 is 11.8 Å². The highest BCUT2D eigenvalue weighted by Gasteiger charge is 2.14. The Hall–Kier alpha value is -3.09. The summed E-state index contributed by atoms with van der Waals surface area (Å²) in [5.74, 6) is -0.337. The van der Waals surface area contributed by atoms with Crippen LogP contribution in [0, 0.1) is 5.82 Å². The number of hydrogen-bond donors (Lipinski definition) is 2. The Bertz CT molecular complexity index is 779. The second-order valence-electron chi connectivity index (χ2n) is 5.13. The summed E-state index contributed by atoms with van der Waals surface area (Å²) in [6, 6.07) is 10.9. The molecule has 1 aliphatic heterocycles. The van der Waals surface area contributed by atoms with Crippen molar-refractivity contribution in [3.05, 3.63) is 59.4 Å². The van der Waals surface area contributed by atoms with Crippen LogP contribution in [0.3, 0.4) is 0 Å². The zero-order valence-corrected chi connectivity index (χ0v) is 12.7. The summed E-state index contributed by atoms with van der Waals surface area (Å²) >= 11 is 0. The first kappa shape index (κ1) is 15.8. The van der Waals surface area contributed by atoms with Gasteiger partial charge >= 0.3 is 0 Å². The quantitative estimate of drug-likeness (QED) is 0.873. The molecular weight excluding hydrogens is 315 g/mol. The molecule has 6 nitrogen and oxygen atoms in total. The SMILES string of the molecule is O=C(CNC(=O)c1ccccc1F)NCc1ccc2c(c1)OCO2. The van der Waals surface area contributed by atoms with E-state index in [2.05, 4.69) is 10.6 Å². The molecule has 124 valence electrons. The molecule has 0 bridgehead atoms. The number of rotatable bonds is 5. The lowest BCUT2D eigenvalue weighted by atomic mass is 10.2. The number of halogens is 1. The van der Waals surface area contributed by atoms with E-state index < -0.39 is 11.7 Å². The molecule has 2 amide bonds. The van der Waals surface area contributed by atoms with Gasteiger partial charge in [-0.3, -0.25) is 9.59 Å². The van der Waals surface area contributed by atoms with E-state index in [9.17, 15) is 14.0 Å². The third kappa shape index (κ3) is 3.62. The average Bonchev–Trinajstić information content (AvgIpc) is 3.06. The number of nitrogens with one attached hydrogen (secondary N) is 2. The molecule has 0 spiro atoms. The second kappa shape index (κ2) is 6.99. The fourth-order valence-corrected chi connectivity index (χ4v) is 2.22. The number of hydrogen-bond acceptors (Lipinski definition) is 4. The lowest BCUT2D eigenvalue weighted by molar-refractivity contribution is -0.120. The van der Waals surface area contributed by atoms with Crippen molar-refractivity contribution in [1.82, 2.24) is 10.6 Å². The van der Waals surface area contributed by atoms with E-state index in [0.717, 1.165) is 5.56 Å². The van der Waals surface area contributed by atoms with Crippen LogP contribution in [-0.2, 0) is 11.3 Å². The molecule has 0 radical (unpaired) electrons. The van der Waals surface area contributed by atoms with Crippen molar-refractivity contribution in [3.8, 4) is 11.5 Å². The highest BCUT2D eigenvalue weighted by Crippen LogP contribution is 2.32. The molecule has 1 aliphatic rings. The summed E-state index contributed by atoms with van der Waals surface area (Å²) in [5, 5.41) is 5.05. The van der Waals surface area contributed by atoms with E-state index in [1.165, 1.54) is 18.2 Å². The van der Waals surface area contributed by atoms with Crippen LogP contribution < -0.4 is 20.1 Å². The monoisotopic (exact) mass is 330 g/mol. The molecule has 2 aromatic carbocycles. The molecule has 0 atom stereocenters. The number of fused-ring (bicyclic) bond motifs is 1. The molecule has 0 saturated heterocycles. The van der Waals surface area contributed by atoms with Crippen molar-refractivity contribution in [2.45, 2.75) is 6.54 Å². The van der Waals surface area contributed by atoms with Gasteiger partial charge in [-0.1, -0.05) is 18.2 Å². The Morgan fingerprint density at radius 1 is 1.04 bits per heavy atom. The number of benzene rings is 2. The van der Waals surface area contributed by atoms with Gasteiger partial charge in [-0.2, -0.15) is 0 Å². The highest BCUT2D eigenvalue weighted by molar-refractivity contribution is 5.96. The minimum atomic E-state index is -0.633. The van der Waals surface area contributed by atoms with Crippen molar-refractivity contribution in [3.63, 3.8) is 0 Å². The fourth-order valence-electron chi connectivity index (χ4n) is 2.22. The Morgan fingerprint density at radius 3 is 2.67 bits per heavy atom. The lowest BCUT2D eigenvalue weighted by Gasteiger charge is -2.08. The van der Waals surface area contributed by atoms with E-state index in [1.807, 2.05) is 6.07 Å². The number of carbonyl (C=O) groups excluding carboxylic acids is 2. The van der Waals surface area contributed by atoms with Crippen molar-refractivity contribution in [1.29, 1.82) is 0 Å². The van der Waals surface area contributed by atoms with E-state index in [1.54, 1.807) is 18.2 Å². The number of carbonyl (C=O) groups is 2. The summed E-state index contributed by atoms with van der Waals surface area (Å²) in [6.07, 6.45) is 0. The maximum Gasteiger partial charge on any atom is 0.254 e. The molecule has 3 rings (SSSR count). The Balaban J connectivity index is 1.48. The van der Waals surface area contributed by atoms with E-state index in [4.69, 9.17) is 9.47 Å². The third-order valence-electron chi connectivity index (χ3n) is 3.45. The van der Waals surface area contributed by atoms with Crippen molar-refractivity contribution in [2.75, 3.05) is 13.3 Å². The molecular formula is C17H15FN2O4. The van der Waals surface area contributed by atoms with Crippen LogP contribution in [0.2, 0.25) is 0 Å². The summed E-state index contributed by atoms with van der Waals surface area (Å²) < 4.78 is 23.9. The zero-order chi connectivity index (χ0) is 16.9. The topological polar surface area (TPSA) is 76.7 Å². The van der Waals surface area contributed by atoms with Gasteiger partial charge in [-0.05, 0) is 29.8 Å². The van der Waals surface area contributed by atoms with E-state index in [-0.39, 0.29) is 31.4 Å². The average molecular weight is 330 g/mol. The number of amides is 2. The molecule has 0 saturated carbocycles.